The van der Waals surface area contributed by atoms with E-state index in [-0.39, 0.29) is 38.1 Å². The van der Waals surface area contributed by atoms with Crippen LogP contribution in [0.1, 0.15) is 12.8 Å². The highest BCUT2D eigenvalue weighted by molar-refractivity contribution is 6.02. The van der Waals surface area contributed by atoms with Gasteiger partial charge in [0.2, 0.25) is 5.91 Å². The van der Waals surface area contributed by atoms with E-state index < -0.39 is 11.4 Å². The number of hydrogen-bond donors (Lipinski definition) is 1. The summed E-state index contributed by atoms with van der Waals surface area (Å²) in [6, 6.07) is 7.04. The van der Waals surface area contributed by atoms with Gasteiger partial charge in [-0.1, -0.05) is 12.1 Å². The Kier molecular flexibility index (Phi) is 5.13. The number of carbonyl (C=O) groups excluding carboxylic acids is 2. The molecule has 8 nitrogen and oxygen atoms in total. The van der Waals surface area contributed by atoms with Crippen molar-refractivity contribution in [2.75, 3.05) is 44.9 Å². The first-order valence-electron chi connectivity index (χ1n) is 8.49. The fraction of sp³-hybridized carbons (Fsp3) is 0.500. The van der Waals surface area contributed by atoms with Gasteiger partial charge in [-0.2, -0.15) is 0 Å². The molecule has 2 amide bonds. The molecule has 0 aliphatic carbocycles. The number of rotatable bonds is 5. The number of benzene rings is 1. The Morgan fingerprint density at radius 3 is 2.85 bits per heavy atom. The number of hydrogen-bond acceptors (Lipinski definition) is 5. The van der Waals surface area contributed by atoms with Gasteiger partial charge in [-0.25, -0.2) is 0 Å². The molecule has 0 radical (unpaired) electrons. The Morgan fingerprint density at radius 1 is 1.35 bits per heavy atom. The maximum atomic E-state index is 12.8. The third kappa shape index (κ3) is 3.37. The van der Waals surface area contributed by atoms with Gasteiger partial charge in [0.1, 0.15) is 17.7 Å². The standard InChI is InChI=1S/C18H22N2O6/c1-25-12-18(17(23)24)7-4-8-19(11-18)15(21)9-20-13-5-2-3-6-14(13)26-10-16(20)22/h2-3,5-6H,4,7-12H2,1H3,(H,23,24). The lowest BCUT2D eigenvalue weighted by Gasteiger charge is -2.40. The monoisotopic (exact) mass is 362 g/mol. The summed E-state index contributed by atoms with van der Waals surface area (Å²) in [7, 11) is 1.45. The molecule has 1 saturated heterocycles. The molecule has 2 aliphatic rings. The van der Waals surface area contributed by atoms with Crippen molar-refractivity contribution >= 4 is 23.5 Å². The molecule has 1 unspecified atom stereocenters. The van der Waals surface area contributed by atoms with Crippen LogP contribution >= 0.6 is 0 Å². The summed E-state index contributed by atoms with van der Waals surface area (Å²) in [5.41, 5.74) is -0.550. The fourth-order valence-electron chi connectivity index (χ4n) is 3.54. The van der Waals surface area contributed by atoms with Gasteiger partial charge < -0.3 is 19.5 Å². The van der Waals surface area contributed by atoms with Crippen LogP contribution in [-0.2, 0) is 19.1 Å². The summed E-state index contributed by atoms with van der Waals surface area (Å²) >= 11 is 0. The summed E-state index contributed by atoms with van der Waals surface area (Å²) in [5.74, 6) is -0.991. The van der Waals surface area contributed by atoms with Crippen LogP contribution in [0.5, 0.6) is 5.75 Å². The van der Waals surface area contributed by atoms with Gasteiger partial charge in [0.05, 0.1) is 12.3 Å². The van der Waals surface area contributed by atoms with E-state index in [4.69, 9.17) is 9.47 Å². The molecule has 1 atom stereocenters. The summed E-state index contributed by atoms with van der Waals surface area (Å²) < 4.78 is 10.5. The summed E-state index contributed by atoms with van der Waals surface area (Å²) in [6.45, 7) is 0.341. The zero-order valence-electron chi connectivity index (χ0n) is 14.6. The predicted octanol–water partition coefficient (Wildman–Crippen LogP) is 0.752. The largest absolute Gasteiger partial charge is 0.482 e. The number of aliphatic carboxylic acids is 1. The van der Waals surface area contributed by atoms with E-state index in [0.29, 0.717) is 30.8 Å². The molecule has 1 aromatic rings. The average molecular weight is 362 g/mol. The molecule has 1 N–H and O–H groups in total. The van der Waals surface area contributed by atoms with Crippen LogP contribution in [0.15, 0.2) is 24.3 Å². The Hall–Kier alpha value is -2.61. The molecular weight excluding hydrogens is 340 g/mol. The minimum absolute atomic E-state index is 0.0471. The molecule has 8 heteroatoms. The second kappa shape index (κ2) is 7.33. The van der Waals surface area contributed by atoms with Crippen molar-refractivity contribution in [1.82, 2.24) is 4.90 Å². The molecular formula is C18H22N2O6. The van der Waals surface area contributed by atoms with Crippen LogP contribution in [0, 0.1) is 5.41 Å². The van der Waals surface area contributed by atoms with Crippen molar-refractivity contribution < 1.29 is 29.0 Å². The third-order valence-corrected chi connectivity index (χ3v) is 4.91. The first-order valence-corrected chi connectivity index (χ1v) is 8.49. The summed E-state index contributed by atoms with van der Waals surface area (Å²) in [6.07, 6.45) is 1.04. The second-order valence-electron chi connectivity index (χ2n) is 6.67. The van der Waals surface area contributed by atoms with Crippen molar-refractivity contribution in [2.24, 2.45) is 5.41 Å². The molecule has 1 fully saturated rings. The van der Waals surface area contributed by atoms with Crippen molar-refractivity contribution in [1.29, 1.82) is 0 Å². The summed E-state index contributed by atoms with van der Waals surface area (Å²) in [5, 5.41) is 9.61. The Bertz CT molecular complexity index is 717. The number of carbonyl (C=O) groups is 3. The third-order valence-electron chi connectivity index (χ3n) is 4.91. The van der Waals surface area contributed by atoms with Gasteiger partial charge in [-0.3, -0.25) is 19.3 Å². The lowest BCUT2D eigenvalue weighted by atomic mass is 9.80. The average Bonchev–Trinajstić information content (AvgIpc) is 2.64. The van der Waals surface area contributed by atoms with E-state index >= 15 is 0 Å². The minimum Gasteiger partial charge on any atom is -0.482 e. The molecule has 26 heavy (non-hydrogen) atoms. The van der Waals surface area contributed by atoms with E-state index in [9.17, 15) is 19.5 Å². The number of piperidine rings is 1. The van der Waals surface area contributed by atoms with Crippen LogP contribution in [0.2, 0.25) is 0 Å². The zero-order valence-corrected chi connectivity index (χ0v) is 14.6. The fourth-order valence-corrected chi connectivity index (χ4v) is 3.54. The molecule has 0 bridgehead atoms. The van der Waals surface area contributed by atoms with Gasteiger partial charge in [-0.05, 0) is 25.0 Å². The topological polar surface area (TPSA) is 96.4 Å². The first-order chi connectivity index (χ1) is 12.5. The van der Waals surface area contributed by atoms with Crippen molar-refractivity contribution in [3.05, 3.63) is 24.3 Å². The van der Waals surface area contributed by atoms with Crippen molar-refractivity contribution in [3.8, 4) is 5.75 Å². The second-order valence-corrected chi connectivity index (χ2v) is 6.67. The van der Waals surface area contributed by atoms with E-state index in [0.717, 1.165) is 0 Å². The summed E-state index contributed by atoms with van der Waals surface area (Å²) in [4.78, 5) is 39.7. The molecule has 2 heterocycles. The van der Waals surface area contributed by atoms with Crippen molar-refractivity contribution in [2.45, 2.75) is 12.8 Å². The maximum absolute atomic E-state index is 12.8. The van der Waals surface area contributed by atoms with Gasteiger partial charge in [-0.15, -0.1) is 0 Å². The minimum atomic E-state index is -1.10. The molecule has 2 aliphatic heterocycles. The van der Waals surface area contributed by atoms with E-state index in [1.807, 2.05) is 0 Å². The van der Waals surface area contributed by atoms with Crippen LogP contribution in [0.4, 0.5) is 5.69 Å². The Morgan fingerprint density at radius 2 is 2.12 bits per heavy atom. The number of carboxylic acid groups (broad SMARTS) is 1. The molecule has 0 aromatic heterocycles. The lowest BCUT2D eigenvalue weighted by molar-refractivity contribution is -0.159. The molecule has 3 rings (SSSR count). The zero-order chi connectivity index (χ0) is 18.7. The van der Waals surface area contributed by atoms with Gasteiger partial charge in [0.25, 0.3) is 5.91 Å². The highest BCUT2D eigenvalue weighted by atomic mass is 16.5. The Balaban J connectivity index is 1.76. The number of para-hydroxylation sites is 2. The van der Waals surface area contributed by atoms with Gasteiger partial charge in [0.15, 0.2) is 6.61 Å². The molecule has 1 aromatic carbocycles. The predicted molar refractivity (Wildman–Crippen MR) is 92.0 cm³/mol. The van der Waals surface area contributed by atoms with Gasteiger partial charge >= 0.3 is 5.97 Å². The van der Waals surface area contributed by atoms with E-state index in [1.165, 1.54) is 16.9 Å². The van der Waals surface area contributed by atoms with E-state index in [2.05, 4.69) is 0 Å². The number of amides is 2. The van der Waals surface area contributed by atoms with Crippen LogP contribution in [0.3, 0.4) is 0 Å². The first kappa shape index (κ1) is 18.2. The quantitative estimate of drug-likeness (QED) is 0.830. The smallest absolute Gasteiger partial charge is 0.313 e. The number of nitrogens with zero attached hydrogens (tertiary/aromatic N) is 2. The highest BCUT2D eigenvalue weighted by Crippen LogP contribution is 2.33. The number of likely N-dealkylation sites (tertiary alicyclic amines) is 1. The van der Waals surface area contributed by atoms with Gasteiger partial charge in [0, 0.05) is 20.2 Å². The normalized spacial score (nSPS) is 22.6. The number of fused-ring (bicyclic) bond motifs is 1. The highest BCUT2D eigenvalue weighted by Gasteiger charge is 2.44. The van der Waals surface area contributed by atoms with Crippen molar-refractivity contribution in [3.63, 3.8) is 0 Å². The number of ether oxygens (including phenoxy) is 2. The molecule has 140 valence electrons. The molecule has 0 spiro atoms. The Labute approximate surface area is 151 Å². The number of methoxy groups -OCH3 is 1. The SMILES string of the molecule is COCC1(C(=O)O)CCCN(C(=O)CN2C(=O)COc3ccccc32)C1. The number of anilines is 1. The van der Waals surface area contributed by atoms with Crippen LogP contribution < -0.4 is 9.64 Å². The van der Waals surface area contributed by atoms with Crippen LogP contribution in [-0.4, -0.2) is 67.7 Å². The lowest BCUT2D eigenvalue weighted by Crippen LogP contribution is -2.54. The molecule has 0 saturated carbocycles. The van der Waals surface area contributed by atoms with Crippen LogP contribution in [0.25, 0.3) is 0 Å². The maximum Gasteiger partial charge on any atom is 0.313 e. The van der Waals surface area contributed by atoms with E-state index in [1.54, 1.807) is 24.3 Å². The number of carboxylic acids is 1.